The molecule has 0 spiro atoms. The quantitative estimate of drug-likeness (QED) is 0.266. The van der Waals surface area contributed by atoms with Gasteiger partial charge in [-0.2, -0.15) is 4.98 Å². The molecule has 0 saturated carbocycles. The van der Waals surface area contributed by atoms with E-state index < -0.39 is 17.5 Å². The number of benzene rings is 2. The minimum atomic E-state index is -1.90. The second-order valence-electron chi connectivity index (χ2n) is 9.19. The largest absolute Gasteiger partial charge is 0.493 e. The van der Waals surface area contributed by atoms with Crippen LogP contribution in [0.4, 0.5) is 5.95 Å². The van der Waals surface area contributed by atoms with Gasteiger partial charge in [-0.15, -0.1) is 0 Å². The first kappa shape index (κ1) is 27.7. The second kappa shape index (κ2) is 11.7. The lowest BCUT2D eigenvalue weighted by molar-refractivity contribution is -0.159. The van der Waals surface area contributed by atoms with Crippen LogP contribution in [0.1, 0.15) is 16.1 Å². The van der Waals surface area contributed by atoms with Gasteiger partial charge >= 0.3 is 5.97 Å². The number of piperazine rings is 1. The number of hydrogen-bond acceptors (Lipinski definition) is 12. The Morgan fingerprint density at radius 3 is 2.39 bits per heavy atom. The maximum Gasteiger partial charge on any atom is 0.353 e. The number of carbonyl (C=O) groups is 2. The Hall–Kier alpha value is -4.88. The average molecular weight is 559 g/mol. The van der Waals surface area contributed by atoms with Crippen LogP contribution in [0.5, 0.6) is 11.5 Å². The number of anilines is 1. The van der Waals surface area contributed by atoms with Gasteiger partial charge in [-0.3, -0.25) is 9.69 Å². The maximum absolute atomic E-state index is 13.9. The molecule has 41 heavy (non-hydrogen) atoms. The molecular weight excluding hydrogens is 528 g/mol. The molecule has 1 unspecified atom stereocenters. The fraction of sp³-hybridized carbons (Fsp3) is 0.286. The maximum atomic E-state index is 13.9. The predicted octanol–water partition coefficient (Wildman–Crippen LogP) is 1.35. The number of esters is 1. The van der Waals surface area contributed by atoms with Crippen molar-refractivity contribution in [2.24, 2.45) is 0 Å². The van der Waals surface area contributed by atoms with Crippen LogP contribution in [-0.4, -0.2) is 84.2 Å². The van der Waals surface area contributed by atoms with Crippen molar-refractivity contribution in [3.63, 3.8) is 0 Å². The molecule has 212 valence electrons. The highest BCUT2D eigenvalue weighted by molar-refractivity contribution is 5.99. The summed E-state index contributed by atoms with van der Waals surface area (Å²) in [5.74, 6) is -0.363. The standard InChI is InChI=1S/C28H30N8O5/c1-39-20-10-9-18(15-21(20)40-2)19-16-31-24-22(32-19)23(33-27(29)34-24)28(26(38)41-3,36-13-11-30-12-14-36)35-25(37)17-7-5-4-6-8-17/h4-10,15-16,30H,11-14H2,1-3H3,(H,35,37)(H2,29,31,33,34). The summed E-state index contributed by atoms with van der Waals surface area (Å²) in [6.45, 7) is 1.89. The van der Waals surface area contributed by atoms with E-state index in [9.17, 15) is 9.59 Å². The third kappa shape index (κ3) is 5.19. The van der Waals surface area contributed by atoms with Crippen molar-refractivity contribution < 1.29 is 23.8 Å². The summed E-state index contributed by atoms with van der Waals surface area (Å²) in [5, 5.41) is 6.20. The number of carbonyl (C=O) groups excluding carboxylic acids is 2. The molecule has 0 bridgehead atoms. The molecule has 4 N–H and O–H groups in total. The Balaban J connectivity index is 1.75. The molecular formula is C28H30N8O5. The number of hydrogen-bond donors (Lipinski definition) is 3. The molecule has 0 radical (unpaired) electrons. The number of nitrogens with one attached hydrogen (secondary N) is 2. The molecule has 0 aliphatic carbocycles. The lowest BCUT2D eigenvalue weighted by Crippen LogP contribution is -2.67. The number of rotatable bonds is 8. The minimum Gasteiger partial charge on any atom is -0.493 e. The van der Waals surface area contributed by atoms with Crippen molar-refractivity contribution in [1.29, 1.82) is 0 Å². The summed E-state index contributed by atoms with van der Waals surface area (Å²) >= 11 is 0. The van der Waals surface area contributed by atoms with E-state index >= 15 is 0 Å². The fourth-order valence-electron chi connectivity index (χ4n) is 4.85. The van der Waals surface area contributed by atoms with E-state index in [2.05, 4.69) is 25.6 Å². The molecule has 1 amide bonds. The normalized spacial score (nSPS) is 15.1. The Bertz CT molecular complexity index is 1580. The average Bonchev–Trinajstić information content (AvgIpc) is 3.03. The zero-order chi connectivity index (χ0) is 29.0. The number of ether oxygens (including phenoxy) is 3. The lowest BCUT2D eigenvalue weighted by atomic mass is 9.99. The van der Waals surface area contributed by atoms with Crippen LogP contribution in [0.3, 0.4) is 0 Å². The summed E-state index contributed by atoms with van der Waals surface area (Å²) in [7, 11) is 4.34. The van der Waals surface area contributed by atoms with Gasteiger partial charge in [0.1, 0.15) is 11.2 Å². The molecule has 4 aromatic rings. The summed E-state index contributed by atoms with van der Waals surface area (Å²) in [6, 6.07) is 13.9. The molecule has 1 atom stereocenters. The first-order valence-electron chi connectivity index (χ1n) is 12.9. The first-order chi connectivity index (χ1) is 19.9. The lowest BCUT2D eigenvalue weighted by Gasteiger charge is -2.43. The molecule has 1 aliphatic rings. The van der Waals surface area contributed by atoms with Gasteiger partial charge in [-0.05, 0) is 30.3 Å². The van der Waals surface area contributed by atoms with Crippen molar-refractivity contribution in [3.05, 3.63) is 66.0 Å². The van der Waals surface area contributed by atoms with Crippen molar-refractivity contribution in [2.75, 3.05) is 53.2 Å². The zero-order valence-electron chi connectivity index (χ0n) is 22.9. The van der Waals surface area contributed by atoms with Gasteiger partial charge in [0.2, 0.25) is 11.6 Å². The smallest absolute Gasteiger partial charge is 0.353 e. The number of aromatic nitrogens is 4. The van der Waals surface area contributed by atoms with Gasteiger partial charge in [0.15, 0.2) is 17.1 Å². The number of nitrogens with zero attached hydrogens (tertiary/aromatic N) is 5. The summed E-state index contributed by atoms with van der Waals surface area (Å²) in [6.07, 6.45) is 1.53. The van der Waals surface area contributed by atoms with Crippen LogP contribution in [0, 0.1) is 0 Å². The highest BCUT2D eigenvalue weighted by Crippen LogP contribution is 2.35. The monoisotopic (exact) mass is 558 g/mol. The molecule has 1 fully saturated rings. The van der Waals surface area contributed by atoms with Gasteiger partial charge in [0.05, 0.1) is 33.2 Å². The highest BCUT2D eigenvalue weighted by atomic mass is 16.5. The molecule has 1 aliphatic heterocycles. The van der Waals surface area contributed by atoms with Gasteiger partial charge in [-0.25, -0.2) is 19.7 Å². The van der Waals surface area contributed by atoms with Gasteiger partial charge < -0.3 is 30.6 Å². The molecule has 13 nitrogen and oxygen atoms in total. The van der Waals surface area contributed by atoms with Crippen LogP contribution in [0.25, 0.3) is 22.4 Å². The topological polar surface area (TPSA) is 167 Å². The number of methoxy groups -OCH3 is 3. The van der Waals surface area contributed by atoms with Gasteiger partial charge in [0.25, 0.3) is 5.91 Å². The second-order valence-corrected chi connectivity index (χ2v) is 9.19. The van der Waals surface area contributed by atoms with E-state index in [-0.39, 0.29) is 22.8 Å². The number of amides is 1. The summed E-state index contributed by atoms with van der Waals surface area (Å²) < 4.78 is 16.1. The van der Waals surface area contributed by atoms with Gasteiger partial charge in [0, 0.05) is 37.3 Å². The number of fused-ring (bicyclic) bond motifs is 1. The van der Waals surface area contributed by atoms with Crippen LogP contribution in [-0.2, 0) is 15.2 Å². The number of nitrogens with two attached hydrogens (primary N) is 1. The van der Waals surface area contributed by atoms with Crippen molar-refractivity contribution in [3.8, 4) is 22.8 Å². The van der Waals surface area contributed by atoms with E-state index in [1.165, 1.54) is 20.4 Å². The molecule has 2 aromatic heterocycles. The fourth-order valence-corrected chi connectivity index (χ4v) is 4.85. The Morgan fingerprint density at radius 2 is 1.71 bits per heavy atom. The van der Waals surface area contributed by atoms with Crippen LogP contribution in [0.15, 0.2) is 54.7 Å². The van der Waals surface area contributed by atoms with Crippen LogP contribution in [0.2, 0.25) is 0 Å². The van der Waals surface area contributed by atoms with E-state index in [1.807, 2.05) is 0 Å². The molecule has 5 rings (SSSR count). The van der Waals surface area contributed by atoms with Crippen molar-refractivity contribution >= 4 is 29.0 Å². The molecule has 3 heterocycles. The summed E-state index contributed by atoms with van der Waals surface area (Å²) in [5.41, 5.74) is 6.06. The van der Waals surface area contributed by atoms with Crippen molar-refractivity contribution in [1.82, 2.24) is 35.5 Å². The van der Waals surface area contributed by atoms with E-state index in [0.29, 0.717) is 54.5 Å². The van der Waals surface area contributed by atoms with Crippen LogP contribution >= 0.6 is 0 Å². The number of nitrogen functional groups attached to an aromatic ring is 1. The molecule has 2 aromatic carbocycles. The third-order valence-electron chi connectivity index (χ3n) is 6.85. The van der Waals surface area contributed by atoms with E-state index in [4.69, 9.17) is 24.9 Å². The predicted molar refractivity (Wildman–Crippen MR) is 150 cm³/mol. The Kier molecular flexibility index (Phi) is 7.90. The molecule has 1 saturated heterocycles. The third-order valence-corrected chi connectivity index (χ3v) is 6.85. The van der Waals surface area contributed by atoms with Crippen molar-refractivity contribution in [2.45, 2.75) is 5.66 Å². The molecule has 13 heteroatoms. The minimum absolute atomic E-state index is 0.0489. The Labute approximate surface area is 236 Å². The highest BCUT2D eigenvalue weighted by Gasteiger charge is 2.52. The Morgan fingerprint density at radius 1 is 0.976 bits per heavy atom. The SMILES string of the molecule is COC(=O)C(NC(=O)c1ccccc1)(c1nc(N)nc2ncc(-c3ccc(OC)c(OC)c3)nc12)N1CCNCC1. The first-order valence-corrected chi connectivity index (χ1v) is 12.9. The summed E-state index contributed by atoms with van der Waals surface area (Å²) in [4.78, 5) is 47.4. The van der Waals surface area contributed by atoms with E-state index in [1.54, 1.807) is 60.5 Å². The van der Waals surface area contributed by atoms with Crippen LogP contribution < -0.4 is 25.8 Å². The van der Waals surface area contributed by atoms with Gasteiger partial charge in [-0.1, -0.05) is 18.2 Å². The zero-order valence-corrected chi connectivity index (χ0v) is 22.9. The van der Waals surface area contributed by atoms with E-state index in [0.717, 1.165) is 0 Å².